The Labute approximate surface area is 138 Å². The predicted molar refractivity (Wildman–Crippen MR) is 89.1 cm³/mol. The van der Waals surface area contributed by atoms with Crippen LogP contribution >= 0.6 is 15.9 Å². The third-order valence-corrected chi connectivity index (χ3v) is 5.20. The minimum Gasteiger partial charge on any atom is -0.274 e. The quantitative estimate of drug-likeness (QED) is 0.884. The van der Waals surface area contributed by atoms with E-state index in [1.165, 1.54) is 0 Å². The van der Waals surface area contributed by atoms with Crippen LogP contribution in [0.4, 0.5) is 0 Å². The first-order valence-electron chi connectivity index (χ1n) is 6.65. The van der Waals surface area contributed by atoms with Gasteiger partial charge in [0.2, 0.25) is 5.91 Å². The molecule has 4 nitrogen and oxygen atoms in total. The van der Waals surface area contributed by atoms with Gasteiger partial charge in [-0.3, -0.25) is 4.79 Å². The van der Waals surface area contributed by atoms with E-state index in [2.05, 4.69) is 20.7 Å². The maximum absolute atomic E-state index is 12.3. The minimum absolute atomic E-state index is 0.0113. The van der Waals surface area contributed by atoms with E-state index < -0.39 is 15.9 Å². The molecular weight excluding hydrogens is 366 g/mol. The van der Waals surface area contributed by atoms with Crippen molar-refractivity contribution in [3.63, 3.8) is 0 Å². The second-order valence-electron chi connectivity index (χ2n) is 5.10. The Bertz CT molecular complexity index is 799. The second-order valence-corrected chi connectivity index (χ2v) is 7.67. The van der Waals surface area contributed by atoms with Crippen LogP contribution in [0.1, 0.15) is 16.7 Å². The maximum atomic E-state index is 12.3. The third kappa shape index (κ3) is 4.18. The normalized spacial score (nSPS) is 11.2. The molecule has 116 valence electrons. The van der Waals surface area contributed by atoms with E-state index in [4.69, 9.17) is 0 Å². The van der Waals surface area contributed by atoms with Crippen LogP contribution in [-0.2, 0) is 21.2 Å². The number of nitrogens with one attached hydrogen (secondary N) is 1. The first kappa shape index (κ1) is 16.7. The van der Waals surface area contributed by atoms with E-state index in [9.17, 15) is 13.2 Å². The van der Waals surface area contributed by atoms with Gasteiger partial charge in [0.25, 0.3) is 10.0 Å². The molecule has 0 saturated carbocycles. The van der Waals surface area contributed by atoms with Crippen LogP contribution in [0.2, 0.25) is 0 Å². The number of hydrogen-bond donors (Lipinski definition) is 1. The molecule has 0 heterocycles. The van der Waals surface area contributed by atoms with Gasteiger partial charge in [0.1, 0.15) is 0 Å². The van der Waals surface area contributed by atoms with Gasteiger partial charge in [0, 0.05) is 4.47 Å². The second kappa shape index (κ2) is 6.62. The van der Waals surface area contributed by atoms with Crippen LogP contribution < -0.4 is 4.72 Å². The molecule has 1 amide bonds. The smallest absolute Gasteiger partial charge is 0.264 e. The molecule has 0 aliphatic carbocycles. The summed E-state index contributed by atoms with van der Waals surface area (Å²) in [6.45, 7) is 3.51. The van der Waals surface area contributed by atoms with Crippen molar-refractivity contribution in [1.82, 2.24) is 4.72 Å². The Morgan fingerprint density at radius 2 is 1.73 bits per heavy atom. The molecule has 0 unspecified atom stereocenters. The van der Waals surface area contributed by atoms with Gasteiger partial charge in [-0.2, -0.15) is 0 Å². The molecule has 22 heavy (non-hydrogen) atoms. The predicted octanol–water partition coefficient (Wildman–Crippen LogP) is 3.11. The summed E-state index contributed by atoms with van der Waals surface area (Å²) >= 11 is 3.31. The van der Waals surface area contributed by atoms with Crippen molar-refractivity contribution in [2.75, 3.05) is 0 Å². The highest BCUT2D eigenvalue weighted by molar-refractivity contribution is 9.10. The summed E-state index contributed by atoms with van der Waals surface area (Å²) in [6, 6.07) is 12.3. The number of carbonyl (C=O) groups is 1. The highest BCUT2D eigenvalue weighted by atomic mass is 79.9. The summed E-state index contributed by atoms with van der Waals surface area (Å²) in [5.41, 5.74) is 2.18. The van der Waals surface area contributed by atoms with E-state index in [-0.39, 0.29) is 11.3 Å². The monoisotopic (exact) mass is 381 g/mol. The third-order valence-electron chi connectivity index (χ3n) is 3.16. The lowest BCUT2D eigenvalue weighted by Gasteiger charge is -2.10. The van der Waals surface area contributed by atoms with Gasteiger partial charge in [-0.1, -0.05) is 40.2 Å². The van der Waals surface area contributed by atoms with Gasteiger partial charge in [-0.15, -0.1) is 0 Å². The molecule has 2 rings (SSSR count). The molecule has 0 atom stereocenters. The molecule has 0 aliphatic rings. The van der Waals surface area contributed by atoms with Crippen LogP contribution in [0, 0.1) is 13.8 Å². The standard InChI is InChI=1S/C16H16BrNO3S/c1-11-3-4-12(2)15(9-11)22(20,21)18-16(19)10-13-5-7-14(17)8-6-13/h3-9H,10H2,1-2H3,(H,18,19). The molecule has 0 spiro atoms. The van der Waals surface area contributed by atoms with Gasteiger partial charge in [0.15, 0.2) is 0 Å². The topological polar surface area (TPSA) is 63.2 Å². The van der Waals surface area contributed by atoms with Crippen molar-refractivity contribution in [3.8, 4) is 0 Å². The zero-order chi connectivity index (χ0) is 16.3. The molecule has 1 N–H and O–H groups in total. The Kier molecular flexibility index (Phi) is 5.03. The summed E-state index contributed by atoms with van der Waals surface area (Å²) in [7, 11) is -3.85. The Balaban J connectivity index is 2.16. The molecule has 0 aromatic heterocycles. The number of sulfonamides is 1. The Hall–Kier alpha value is -1.66. The van der Waals surface area contributed by atoms with Crippen molar-refractivity contribution < 1.29 is 13.2 Å². The number of carbonyl (C=O) groups excluding carboxylic acids is 1. The van der Waals surface area contributed by atoms with Crippen LogP contribution in [-0.4, -0.2) is 14.3 Å². The fourth-order valence-electron chi connectivity index (χ4n) is 2.03. The van der Waals surface area contributed by atoms with Crippen molar-refractivity contribution in [2.45, 2.75) is 25.2 Å². The summed E-state index contributed by atoms with van der Waals surface area (Å²) in [5, 5.41) is 0. The minimum atomic E-state index is -3.85. The van der Waals surface area contributed by atoms with Gasteiger partial charge in [-0.05, 0) is 48.7 Å². The summed E-state index contributed by atoms with van der Waals surface area (Å²) < 4.78 is 27.7. The molecule has 2 aromatic rings. The van der Waals surface area contributed by atoms with Crippen molar-refractivity contribution in [1.29, 1.82) is 0 Å². The molecule has 6 heteroatoms. The molecular formula is C16H16BrNO3S. The molecule has 2 aromatic carbocycles. The zero-order valence-corrected chi connectivity index (χ0v) is 14.7. The van der Waals surface area contributed by atoms with E-state index in [1.807, 2.05) is 25.1 Å². The van der Waals surface area contributed by atoms with E-state index >= 15 is 0 Å². The van der Waals surface area contributed by atoms with Crippen LogP contribution in [0.15, 0.2) is 51.8 Å². The number of halogens is 1. The lowest BCUT2D eigenvalue weighted by atomic mass is 10.1. The van der Waals surface area contributed by atoms with Crippen molar-refractivity contribution >= 4 is 31.9 Å². The lowest BCUT2D eigenvalue weighted by molar-refractivity contribution is -0.118. The largest absolute Gasteiger partial charge is 0.274 e. The molecule has 0 saturated heterocycles. The number of benzene rings is 2. The SMILES string of the molecule is Cc1ccc(C)c(S(=O)(=O)NC(=O)Cc2ccc(Br)cc2)c1. The van der Waals surface area contributed by atoms with Crippen LogP contribution in [0.25, 0.3) is 0 Å². The fourth-order valence-corrected chi connectivity index (χ4v) is 3.60. The Morgan fingerprint density at radius 1 is 1.09 bits per heavy atom. The van der Waals surface area contributed by atoms with Crippen LogP contribution in [0.3, 0.4) is 0 Å². The lowest BCUT2D eigenvalue weighted by Crippen LogP contribution is -2.32. The molecule has 0 radical (unpaired) electrons. The molecule has 0 aliphatic heterocycles. The summed E-state index contributed by atoms with van der Waals surface area (Å²) in [6.07, 6.45) is 0.0113. The Morgan fingerprint density at radius 3 is 2.36 bits per heavy atom. The highest BCUT2D eigenvalue weighted by Gasteiger charge is 2.20. The van der Waals surface area contributed by atoms with E-state index in [0.717, 1.165) is 15.6 Å². The van der Waals surface area contributed by atoms with Gasteiger partial charge in [0.05, 0.1) is 11.3 Å². The van der Waals surface area contributed by atoms with Gasteiger partial charge < -0.3 is 0 Å². The van der Waals surface area contributed by atoms with Crippen molar-refractivity contribution in [2.24, 2.45) is 0 Å². The van der Waals surface area contributed by atoms with Gasteiger partial charge in [-0.25, -0.2) is 13.1 Å². The molecule has 0 bridgehead atoms. The first-order chi connectivity index (χ1) is 10.3. The fraction of sp³-hybridized carbons (Fsp3) is 0.188. The van der Waals surface area contributed by atoms with Crippen molar-refractivity contribution in [3.05, 3.63) is 63.6 Å². The zero-order valence-electron chi connectivity index (χ0n) is 12.3. The number of aryl methyl sites for hydroxylation is 2. The number of amides is 1. The van der Waals surface area contributed by atoms with E-state index in [1.54, 1.807) is 31.2 Å². The number of rotatable bonds is 4. The van der Waals surface area contributed by atoms with Crippen LogP contribution in [0.5, 0.6) is 0 Å². The van der Waals surface area contributed by atoms with E-state index in [0.29, 0.717) is 5.56 Å². The average Bonchev–Trinajstić information content (AvgIpc) is 2.43. The number of hydrogen-bond acceptors (Lipinski definition) is 3. The molecule has 0 fully saturated rings. The maximum Gasteiger partial charge on any atom is 0.264 e. The summed E-state index contributed by atoms with van der Waals surface area (Å²) in [5.74, 6) is -0.553. The summed E-state index contributed by atoms with van der Waals surface area (Å²) in [4.78, 5) is 12.1. The highest BCUT2D eigenvalue weighted by Crippen LogP contribution is 2.17. The van der Waals surface area contributed by atoms with Gasteiger partial charge >= 0.3 is 0 Å². The average molecular weight is 382 g/mol. The first-order valence-corrected chi connectivity index (χ1v) is 8.93.